The van der Waals surface area contributed by atoms with E-state index < -0.39 is 0 Å². The Morgan fingerprint density at radius 1 is 0.636 bits per heavy atom. The second kappa shape index (κ2) is 7.11. The van der Waals surface area contributed by atoms with E-state index in [0.717, 1.165) is 22.3 Å². The zero-order valence-electron chi connectivity index (χ0n) is 12.2. The molecule has 0 heterocycles. The van der Waals surface area contributed by atoms with Crippen LogP contribution in [0, 0.1) is 11.8 Å². The van der Waals surface area contributed by atoms with Crippen molar-refractivity contribution >= 4 is 11.6 Å². The van der Waals surface area contributed by atoms with Crippen LogP contribution in [0.1, 0.15) is 16.7 Å². The van der Waals surface area contributed by atoms with E-state index >= 15 is 0 Å². The van der Waals surface area contributed by atoms with Crippen molar-refractivity contribution in [3.8, 4) is 11.8 Å². The van der Waals surface area contributed by atoms with Crippen LogP contribution in [-0.2, 0) is 0 Å². The molecule has 0 saturated carbocycles. The highest BCUT2D eigenvalue weighted by molar-refractivity contribution is 5.91. The first-order valence-electron chi connectivity index (χ1n) is 7.31. The van der Waals surface area contributed by atoms with Crippen molar-refractivity contribution in [3.63, 3.8) is 0 Å². The summed E-state index contributed by atoms with van der Waals surface area (Å²) in [6.45, 7) is 0. The first-order chi connectivity index (χ1) is 10.9. The Morgan fingerprint density at radius 2 is 1.18 bits per heavy atom. The van der Waals surface area contributed by atoms with Gasteiger partial charge in [0.15, 0.2) is 0 Å². The summed E-state index contributed by atoms with van der Waals surface area (Å²) in [5, 5.41) is 0. The molecule has 0 amide bonds. The van der Waals surface area contributed by atoms with Gasteiger partial charge in [-0.2, -0.15) is 0 Å². The molecule has 0 fully saturated rings. The molecule has 0 aliphatic carbocycles. The van der Waals surface area contributed by atoms with Crippen molar-refractivity contribution in [2.24, 2.45) is 0 Å². The molecule has 22 heavy (non-hydrogen) atoms. The summed E-state index contributed by atoms with van der Waals surface area (Å²) in [6.07, 6.45) is 2.13. The highest BCUT2D eigenvalue weighted by Gasteiger charge is 1.98. The smallest absolute Gasteiger partial charge is 0.0327 e. The fourth-order valence-electron chi connectivity index (χ4n) is 2.19. The van der Waals surface area contributed by atoms with Crippen molar-refractivity contribution in [1.29, 1.82) is 0 Å². The highest BCUT2D eigenvalue weighted by atomic mass is 14.0. The molecule has 0 bridgehead atoms. The Balaban J connectivity index is 2.01. The molecule has 0 radical (unpaired) electrons. The molecule has 0 heteroatoms. The Hall–Kier alpha value is -3.04. The zero-order valence-corrected chi connectivity index (χ0v) is 12.2. The lowest BCUT2D eigenvalue weighted by molar-refractivity contribution is 1.62. The topological polar surface area (TPSA) is 0 Å². The third kappa shape index (κ3) is 3.75. The van der Waals surface area contributed by atoms with E-state index in [1.165, 1.54) is 0 Å². The summed E-state index contributed by atoms with van der Waals surface area (Å²) in [4.78, 5) is 0. The van der Waals surface area contributed by atoms with Gasteiger partial charge in [-0.15, -0.1) is 0 Å². The van der Waals surface area contributed by atoms with E-state index in [2.05, 4.69) is 42.2 Å². The van der Waals surface area contributed by atoms with Gasteiger partial charge in [0.25, 0.3) is 0 Å². The van der Waals surface area contributed by atoms with E-state index in [1.54, 1.807) is 0 Å². The summed E-state index contributed by atoms with van der Waals surface area (Å²) >= 11 is 0. The Morgan fingerprint density at radius 3 is 1.82 bits per heavy atom. The number of hydrogen-bond donors (Lipinski definition) is 0. The monoisotopic (exact) mass is 280 g/mol. The van der Waals surface area contributed by atoms with Gasteiger partial charge < -0.3 is 0 Å². The Bertz CT molecular complexity index is 801. The molecule has 0 spiro atoms. The molecular weight excluding hydrogens is 264 g/mol. The molecule has 0 aliphatic rings. The molecule has 0 aromatic heterocycles. The number of allylic oxidation sites excluding steroid dienone is 1. The summed E-state index contributed by atoms with van der Waals surface area (Å²) < 4.78 is 0. The van der Waals surface area contributed by atoms with E-state index in [0.29, 0.717) is 0 Å². The van der Waals surface area contributed by atoms with E-state index in [4.69, 9.17) is 0 Å². The van der Waals surface area contributed by atoms with Gasteiger partial charge in [-0.05, 0) is 29.3 Å². The largest absolute Gasteiger partial charge is 0.0622 e. The van der Waals surface area contributed by atoms with Crippen LogP contribution >= 0.6 is 0 Å². The molecule has 104 valence electrons. The number of rotatable bonds is 2. The maximum absolute atomic E-state index is 3.31. The normalized spacial score (nSPS) is 10.6. The standard InChI is InChI=1S/C22H16/c1-4-10-19(11-5-1)16-17-22(21-14-8-3-9-15-21)18-20-12-6-2-7-13-20/h1-15,18H. The van der Waals surface area contributed by atoms with Crippen LogP contribution in [-0.4, -0.2) is 0 Å². The van der Waals surface area contributed by atoms with Gasteiger partial charge in [-0.25, -0.2) is 0 Å². The van der Waals surface area contributed by atoms with Crippen LogP contribution in [0.15, 0.2) is 91.0 Å². The Labute approximate surface area is 131 Å². The van der Waals surface area contributed by atoms with E-state index in [9.17, 15) is 0 Å². The summed E-state index contributed by atoms with van der Waals surface area (Å²) in [6, 6.07) is 30.6. The third-order valence-electron chi connectivity index (χ3n) is 3.31. The van der Waals surface area contributed by atoms with Crippen molar-refractivity contribution in [1.82, 2.24) is 0 Å². The minimum Gasteiger partial charge on any atom is -0.0622 e. The molecule has 0 atom stereocenters. The van der Waals surface area contributed by atoms with Gasteiger partial charge in [0, 0.05) is 11.1 Å². The van der Waals surface area contributed by atoms with Crippen LogP contribution in [0.4, 0.5) is 0 Å². The van der Waals surface area contributed by atoms with E-state index in [-0.39, 0.29) is 0 Å². The molecular formula is C22H16. The molecule has 3 aromatic carbocycles. The summed E-state index contributed by atoms with van der Waals surface area (Å²) in [5.74, 6) is 6.56. The molecule has 0 unspecified atom stereocenters. The molecule has 0 nitrogen and oxygen atoms in total. The Kier molecular flexibility index (Phi) is 4.50. The van der Waals surface area contributed by atoms with Crippen LogP contribution in [0.25, 0.3) is 11.6 Å². The zero-order chi connectivity index (χ0) is 15.0. The molecule has 3 rings (SSSR count). The molecule has 0 saturated heterocycles. The quantitative estimate of drug-likeness (QED) is 0.442. The SMILES string of the molecule is C(#Cc1ccccc1)C(=Cc1ccccc1)c1ccccc1. The predicted molar refractivity (Wildman–Crippen MR) is 94.1 cm³/mol. The minimum absolute atomic E-state index is 1.02. The van der Waals surface area contributed by atoms with Gasteiger partial charge in [-0.1, -0.05) is 90.7 Å². The van der Waals surface area contributed by atoms with Crippen LogP contribution < -0.4 is 0 Å². The van der Waals surface area contributed by atoms with Gasteiger partial charge in [0.1, 0.15) is 0 Å². The highest BCUT2D eigenvalue weighted by Crippen LogP contribution is 2.17. The van der Waals surface area contributed by atoms with E-state index in [1.807, 2.05) is 66.7 Å². The lowest BCUT2D eigenvalue weighted by atomic mass is 10.0. The fourth-order valence-corrected chi connectivity index (χ4v) is 2.19. The number of benzene rings is 3. The van der Waals surface area contributed by atoms with Crippen LogP contribution in [0.5, 0.6) is 0 Å². The van der Waals surface area contributed by atoms with Gasteiger partial charge >= 0.3 is 0 Å². The summed E-state index contributed by atoms with van der Waals surface area (Å²) in [7, 11) is 0. The first kappa shape index (κ1) is 13.9. The molecule has 0 N–H and O–H groups in total. The van der Waals surface area contributed by atoms with Crippen molar-refractivity contribution in [2.45, 2.75) is 0 Å². The maximum atomic E-state index is 3.31. The lowest BCUT2D eigenvalue weighted by Gasteiger charge is -2.01. The first-order valence-corrected chi connectivity index (χ1v) is 7.31. The fraction of sp³-hybridized carbons (Fsp3) is 0. The van der Waals surface area contributed by atoms with Crippen molar-refractivity contribution in [2.75, 3.05) is 0 Å². The average molecular weight is 280 g/mol. The van der Waals surface area contributed by atoms with Gasteiger partial charge in [0.05, 0.1) is 0 Å². The molecule has 0 aliphatic heterocycles. The van der Waals surface area contributed by atoms with Crippen LogP contribution in [0.2, 0.25) is 0 Å². The van der Waals surface area contributed by atoms with Gasteiger partial charge in [0.2, 0.25) is 0 Å². The van der Waals surface area contributed by atoms with Gasteiger partial charge in [-0.3, -0.25) is 0 Å². The predicted octanol–water partition coefficient (Wildman–Crippen LogP) is 5.28. The second-order valence-electron chi connectivity index (χ2n) is 4.95. The van der Waals surface area contributed by atoms with Crippen molar-refractivity contribution < 1.29 is 0 Å². The van der Waals surface area contributed by atoms with Crippen molar-refractivity contribution in [3.05, 3.63) is 108 Å². The third-order valence-corrected chi connectivity index (χ3v) is 3.31. The maximum Gasteiger partial charge on any atom is 0.0327 e. The van der Waals surface area contributed by atoms with Crippen LogP contribution in [0.3, 0.4) is 0 Å². The lowest BCUT2D eigenvalue weighted by Crippen LogP contribution is -1.82. The molecule has 3 aromatic rings. The second-order valence-corrected chi connectivity index (χ2v) is 4.95. The summed E-state index contributed by atoms with van der Waals surface area (Å²) in [5.41, 5.74) is 4.34. The average Bonchev–Trinajstić information content (AvgIpc) is 2.61. The number of hydrogen-bond acceptors (Lipinski definition) is 0. The minimum atomic E-state index is 1.02.